The number of fused-ring (bicyclic) bond motifs is 1. The van der Waals surface area contributed by atoms with Crippen molar-refractivity contribution < 1.29 is 14.2 Å². The lowest BCUT2D eigenvalue weighted by atomic mass is 9.62. The van der Waals surface area contributed by atoms with E-state index >= 15 is 0 Å². The highest BCUT2D eigenvalue weighted by Crippen LogP contribution is 2.68. The van der Waals surface area contributed by atoms with E-state index < -0.39 is 0 Å². The highest BCUT2D eigenvalue weighted by atomic mass is 16.6. The molecule has 2 bridgehead atoms. The van der Waals surface area contributed by atoms with E-state index in [0.29, 0.717) is 17.9 Å². The van der Waals surface area contributed by atoms with Crippen LogP contribution in [0.1, 0.15) is 42.7 Å². The summed E-state index contributed by atoms with van der Waals surface area (Å²) in [6.45, 7) is 2.25. The summed E-state index contributed by atoms with van der Waals surface area (Å²) in [7, 11) is 3.50. The van der Waals surface area contributed by atoms with Crippen molar-refractivity contribution in [3.8, 4) is 11.5 Å². The van der Waals surface area contributed by atoms with Crippen LogP contribution in [-0.2, 0) is 4.74 Å². The number of hydrogen-bond donors (Lipinski definition) is 0. The fourth-order valence-electron chi connectivity index (χ4n) is 4.21. The molecule has 1 aromatic carbocycles. The molecule has 96 valence electrons. The molecular formula is C15H18O3. The normalized spacial score (nSPS) is 38.9. The van der Waals surface area contributed by atoms with Gasteiger partial charge in [-0.2, -0.15) is 0 Å². The Labute approximate surface area is 107 Å². The van der Waals surface area contributed by atoms with E-state index in [-0.39, 0.29) is 5.60 Å². The van der Waals surface area contributed by atoms with Crippen molar-refractivity contribution in [2.24, 2.45) is 0 Å². The van der Waals surface area contributed by atoms with Crippen LogP contribution in [0, 0.1) is 0 Å². The maximum absolute atomic E-state index is 6.02. The smallest absolute Gasteiger partial charge is 0.123 e. The van der Waals surface area contributed by atoms with Gasteiger partial charge in [0.25, 0.3) is 0 Å². The molecule has 3 aliphatic carbocycles. The Balaban J connectivity index is 1.98. The van der Waals surface area contributed by atoms with Crippen molar-refractivity contribution in [1.29, 1.82) is 0 Å². The lowest BCUT2D eigenvalue weighted by molar-refractivity contribution is 0.268. The van der Waals surface area contributed by atoms with Crippen LogP contribution in [0.2, 0.25) is 0 Å². The molecule has 0 amide bonds. The molecule has 0 aromatic heterocycles. The van der Waals surface area contributed by atoms with E-state index in [0.717, 1.165) is 11.5 Å². The molecule has 4 atom stereocenters. The van der Waals surface area contributed by atoms with Crippen molar-refractivity contribution >= 4 is 0 Å². The monoisotopic (exact) mass is 246 g/mol. The third-order valence-electron chi connectivity index (χ3n) is 5.08. The summed E-state index contributed by atoms with van der Waals surface area (Å²) in [5.74, 6) is 2.95. The van der Waals surface area contributed by atoms with E-state index in [1.165, 1.54) is 24.0 Å². The maximum atomic E-state index is 6.02. The van der Waals surface area contributed by atoms with Gasteiger partial charge in [0.2, 0.25) is 0 Å². The minimum absolute atomic E-state index is 0.0512. The zero-order chi connectivity index (χ0) is 12.5. The average molecular weight is 246 g/mol. The lowest BCUT2D eigenvalue weighted by Crippen LogP contribution is -2.36. The summed E-state index contributed by atoms with van der Waals surface area (Å²) in [6, 6.07) is 4.05. The minimum atomic E-state index is 0.0512. The Morgan fingerprint density at radius 3 is 2.44 bits per heavy atom. The van der Waals surface area contributed by atoms with Gasteiger partial charge in [-0.25, -0.2) is 0 Å². The molecule has 0 radical (unpaired) electrons. The van der Waals surface area contributed by atoms with Crippen LogP contribution >= 0.6 is 0 Å². The van der Waals surface area contributed by atoms with E-state index in [4.69, 9.17) is 14.2 Å². The van der Waals surface area contributed by atoms with Gasteiger partial charge in [-0.05, 0) is 31.9 Å². The molecule has 3 nitrogen and oxygen atoms in total. The Bertz CT molecular complexity index is 525. The average Bonchev–Trinajstić information content (AvgIpc) is 3.12. The molecule has 4 aliphatic rings. The van der Waals surface area contributed by atoms with Crippen LogP contribution in [0.3, 0.4) is 0 Å². The standard InChI is InChI=1S/C15H18O3/c1-15-9-5-4-8(14(15)18-15)12-10(16-2)6-7-11(17-3)13(9)12/h6-9,14H,4-5H2,1-3H3/t8-,9-,14+,15+/m1/s1. The Hall–Kier alpha value is -1.22. The molecule has 5 rings (SSSR count). The SMILES string of the molecule is COc1ccc(OC)c2c1[C@H]1CC[C@H]2[C@]2(C)O[C@@H]12. The largest absolute Gasteiger partial charge is 0.496 e. The second-order valence-electron chi connectivity index (χ2n) is 5.76. The molecular weight excluding hydrogens is 228 g/mol. The van der Waals surface area contributed by atoms with E-state index in [2.05, 4.69) is 6.92 Å². The highest BCUT2D eigenvalue weighted by molar-refractivity contribution is 5.59. The third-order valence-corrected chi connectivity index (χ3v) is 5.08. The van der Waals surface area contributed by atoms with Crippen molar-refractivity contribution in [3.05, 3.63) is 23.3 Å². The summed E-state index contributed by atoms with van der Waals surface area (Å²) in [4.78, 5) is 0. The molecule has 18 heavy (non-hydrogen) atoms. The van der Waals surface area contributed by atoms with E-state index in [1.54, 1.807) is 14.2 Å². The highest BCUT2D eigenvalue weighted by Gasteiger charge is 2.68. The van der Waals surface area contributed by atoms with Gasteiger partial charge in [-0.1, -0.05) is 0 Å². The molecule has 1 saturated carbocycles. The van der Waals surface area contributed by atoms with Crippen LogP contribution in [0.5, 0.6) is 11.5 Å². The summed E-state index contributed by atoms with van der Waals surface area (Å²) in [5, 5.41) is 0. The molecule has 0 unspecified atom stereocenters. The zero-order valence-corrected chi connectivity index (χ0v) is 11.0. The van der Waals surface area contributed by atoms with Crippen molar-refractivity contribution in [3.63, 3.8) is 0 Å². The molecule has 3 heteroatoms. The maximum Gasteiger partial charge on any atom is 0.123 e. The van der Waals surface area contributed by atoms with Gasteiger partial charge in [0.1, 0.15) is 11.5 Å². The number of hydrogen-bond acceptors (Lipinski definition) is 3. The van der Waals surface area contributed by atoms with Gasteiger partial charge in [0.05, 0.1) is 25.9 Å². The van der Waals surface area contributed by atoms with Crippen LogP contribution in [0.15, 0.2) is 12.1 Å². The summed E-state index contributed by atoms with van der Waals surface area (Å²) in [5.41, 5.74) is 2.73. The lowest BCUT2D eigenvalue weighted by Gasteiger charge is -2.40. The van der Waals surface area contributed by atoms with Gasteiger partial charge in [-0.15, -0.1) is 0 Å². The van der Waals surface area contributed by atoms with Gasteiger partial charge in [0.15, 0.2) is 0 Å². The van der Waals surface area contributed by atoms with Crippen molar-refractivity contribution in [2.45, 2.75) is 43.3 Å². The van der Waals surface area contributed by atoms with Gasteiger partial charge >= 0.3 is 0 Å². The number of ether oxygens (including phenoxy) is 3. The number of rotatable bonds is 2. The Morgan fingerprint density at radius 2 is 1.78 bits per heavy atom. The van der Waals surface area contributed by atoms with Gasteiger partial charge in [-0.3, -0.25) is 0 Å². The number of epoxide rings is 1. The fraction of sp³-hybridized carbons (Fsp3) is 0.600. The summed E-state index contributed by atoms with van der Waals surface area (Å²) >= 11 is 0. The second kappa shape index (κ2) is 3.21. The van der Waals surface area contributed by atoms with Crippen LogP contribution in [0.4, 0.5) is 0 Å². The molecule has 0 spiro atoms. The second-order valence-corrected chi connectivity index (χ2v) is 5.76. The minimum Gasteiger partial charge on any atom is -0.496 e. The van der Waals surface area contributed by atoms with Gasteiger partial charge in [0, 0.05) is 23.0 Å². The quantitative estimate of drug-likeness (QED) is 0.752. The Morgan fingerprint density at radius 1 is 1.11 bits per heavy atom. The zero-order valence-electron chi connectivity index (χ0n) is 11.0. The number of benzene rings is 1. The van der Waals surface area contributed by atoms with E-state index in [9.17, 15) is 0 Å². The van der Waals surface area contributed by atoms with Gasteiger partial charge < -0.3 is 14.2 Å². The van der Waals surface area contributed by atoms with Crippen LogP contribution in [0.25, 0.3) is 0 Å². The van der Waals surface area contributed by atoms with Crippen molar-refractivity contribution in [2.75, 3.05) is 14.2 Å². The molecule has 1 aliphatic heterocycles. The molecule has 1 aromatic rings. The first kappa shape index (κ1) is 10.7. The van der Waals surface area contributed by atoms with Crippen molar-refractivity contribution in [1.82, 2.24) is 0 Å². The predicted octanol–water partition coefficient (Wildman–Crippen LogP) is 2.84. The predicted molar refractivity (Wildman–Crippen MR) is 67.5 cm³/mol. The first-order chi connectivity index (χ1) is 8.70. The first-order valence-electron chi connectivity index (χ1n) is 6.63. The topological polar surface area (TPSA) is 31.0 Å². The summed E-state index contributed by atoms with van der Waals surface area (Å²) < 4.78 is 17.1. The molecule has 0 N–H and O–H groups in total. The Kier molecular flexibility index (Phi) is 1.90. The molecule has 1 heterocycles. The fourth-order valence-corrected chi connectivity index (χ4v) is 4.21. The van der Waals surface area contributed by atoms with Crippen LogP contribution < -0.4 is 9.47 Å². The molecule has 2 fully saturated rings. The van der Waals surface area contributed by atoms with Crippen LogP contribution in [-0.4, -0.2) is 25.9 Å². The number of methoxy groups -OCH3 is 2. The third kappa shape index (κ3) is 1.05. The molecule has 1 saturated heterocycles. The summed E-state index contributed by atoms with van der Waals surface area (Å²) in [6.07, 6.45) is 2.81. The van der Waals surface area contributed by atoms with E-state index in [1.807, 2.05) is 12.1 Å². The first-order valence-corrected chi connectivity index (χ1v) is 6.63.